The highest BCUT2D eigenvalue weighted by Crippen LogP contribution is 2.36. The fourth-order valence-electron chi connectivity index (χ4n) is 2.25. The molecule has 0 spiro atoms. The van der Waals surface area contributed by atoms with Crippen LogP contribution in [0.4, 0.5) is 4.39 Å². The predicted octanol–water partition coefficient (Wildman–Crippen LogP) is 3.35. The van der Waals surface area contributed by atoms with Gasteiger partial charge in [-0.05, 0) is 37.2 Å². The number of carbonyl (C=O) groups is 1. The summed E-state index contributed by atoms with van der Waals surface area (Å²) in [5.41, 5.74) is 0.292. The van der Waals surface area contributed by atoms with Gasteiger partial charge in [-0.2, -0.15) is 0 Å². The Morgan fingerprint density at radius 3 is 2.72 bits per heavy atom. The maximum Gasteiger partial charge on any atom is 0.341 e. The summed E-state index contributed by atoms with van der Waals surface area (Å²) in [5.74, 6) is -1.21. The minimum absolute atomic E-state index is 0.0326. The van der Waals surface area contributed by atoms with E-state index >= 15 is 0 Å². The minimum atomic E-state index is -0.626. The number of nitrogens with zero attached hydrogens (tertiary/aromatic N) is 1. The number of hydrogen-bond acceptors (Lipinski definition) is 3. The third kappa shape index (κ3) is 3.06. The van der Waals surface area contributed by atoms with Gasteiger partial charge in [0.2, 0.25) is 0 Å². The summed E-state index contributed by atoms with van der Waals surface area (Å²) in [5, 5.41) is 0. The van der Waals surface area contributed by atoms with Crippen molar-refractivity contribution in [1.29, 1.82) is 0 Å². The van der Waals surface area contributed by atoms with Gasteiger partial charge in [-0.3, -0.25) is 4.98 Å². The number of hydrogen-bond donors (Lipinski definition) is 0. The Morgan fingerprint density at radius 2 is 2.11 bits per heavy atom. The zero-order chi connectivity index (χ0) is 13.2. The lowest BCUT2D eigenvalue weighted by Crippen LogP contribution is -2.28. The van der Waals surface area contributed by atoms with Crippen molar-refractivity contribution < 1.29 is 13.9 Å². The van der Waals surface area contributed by atoms with Crippen molar-refractivity contribution in [2.45, 2.75) is 45.6 Å². The van der Waals surface area contributed by atoms with Crippen LogP contribution in [0.1, 0.15) is 49.9 Å². The van der Waals surface area contributed by atoms with Crippen molar-refractivity contribution in [3.63, 3.8) is 0 Å². The van der Waals surface area contributed by atoms with Crippen LogP contribution in [0, 0.1) is 11.2 Å². The molecule has 2 rings (SSSR count). The third-order valence-electron chi connectivity index (χ3n) is 3.55. The summed E-state index contributed by atoms with van der Waals surface area (Å²) in [7, 11) is 0. The summed E-state index contributed by atoms with van der Waals surface area (Å²) >= 11 is 0. The van der Waals surface area contributed by atoms with Crippen LogP contribution in [0.25, 0.3) is 0 Å². The predicted molar refractivity (Wildman–Crippen MR) is 65.6 cm³/mol. The molecular formula is C14H18FNO2. The molecule has 0 bridgehead atoms. The second kappa shape index (κ2) is 5.04. The van der Waals surface area contributed by atoms with Gasteiger partial charge in [-0.25, -0.2) is 9.18 Å². The Bertz CT molecular complexity index is 435. The number of ether oxygens (including phenoxy) is 1. The molecule has 1 aromatic heterocycles. The molecule has 1 fully saturated rings. The molecule has 3 nitrogen and oxygen atoms in total. The molecule has 0 aliphatic heterocycles. The SMILES string of the molecule is CC1(C)CCC(OC(=O)c2ccncc2F)CC1. The first kappa shape index (κ1) is 13.0. The molecular weight excluding hydrogens is 233 g/mol. The van der Waals surface area contributed by atoms with Crippen LogP contribution in [0.15, 0.2) is 18.5 Å². The molecule has 0 atom stereocenters. The van der Waals surface area contributed by atoms with Gasteiger partial charge in [0.15, 0.2) is 5.82 Å². The average molecular weight is 251 g/mol. The largest absolute Gasteiger partial charge is 0.459 e. The zero-order valence-electron chi connectivity index (χ0n) is 10.8. The quantitative estimate of drug-likeness (QED) is 0.757. The number of halogens is 1. The van der Waals surface area contributed by atoms with Crippen LogP contribution in [-0.4, -0.2) is 17.1 Å². The fourth-order valence-corrected chi connectivity index (χ4v) is 2.25. The summed E-state index contributed by atoms with van der Waals surface area (Å²) in [4.78, 5) is 15.4. The summed E-state index contributed by atoms with van der Waals surface area (Å²) < 4.78 is 18.7. The van der Waals surface area contributed by atoms with Gasteiger partial charge in [0.05, 0.1) is 11.8 Å². The molecule has 98 valence electrons. The fraction of sp³-hybridized carbons (Fsp3) is 0.571. The molecule has 0 unspecified atom stereocenters. The lowest BCUT2D eigenvalue weighted by atomic mass is 9.76. The third-order valence-corrected chi connectivity index (χ3v) is 3.55. The van der Waals surface area contributed by atoms with Crippen LogP contribution in [0.2, 0.25) is 0 Å². The molecule has 0 radical (unpaired) electrons. The van der Waals surface area contributed by atoms with E-state index in [2.05, 4.69) is 18.8 Å². The smallest absolute Gasteiger partial charge is 0.341 e. The summed E-state index contributed by atoms with van der Waals surface area (Å²) in [6.07, 6.45) is 6.10. The van der Waals surface area contributed by atoms with Crippen molar-refractivity contribution >= 4 is 5.97 Å². The van der Waals surface area contributed by atoms with E-state index in [9.17, 15) is 9.18 Å². The van der Waals surface area contributed by atoms with Gasteiger partial charge in [0, 0.05) is 6.20 Å². The second-order valence-electron chi connectivity index (χ2n) is 5.62. The molecule has 4 heteroatoms. The molecule has 1 aliphatic rings. The standard InChI is InChI=1S/C14H18FNO2/c1-14(2)6-3-10(4-7-14)18-13(17)11-5-8-16-9-12(11)15/h5,8-10H,3-4,6-7H2,1-2H3. The normalized spacial score (nSPS) is 19.5. The van der Waals surface area contributed by atoms with Crippen LogP contribution in [0.3, 0.4) is 0 Å². The van der Waals surface area contributed by atoms with E-state index in [1.54, 1.807) is 0 Å². The van der Waals surface area contributed by atoms with Gasteiger partial charge < -0.3 is 4.74 Å². The molecule has 0 amide bonds. The van der Waals surface area contributed by atoms with Crippen LogP contribution >= 0.6 is 0 Å². The molecule has 1 saturated carbocycles. The Hall–Kier alpha value is -1.45. The molecule has 1 aliphatic carbocycles. The molecule has 0 aromatic carbocycles. The highest BCUT2D eigenvalue weighted by Gasteiger charge is 2.29. The maximum absolute atomic E-state index is 13.4. The van der Waals surface area contributed by atoms with E-state index in [1.165, 1.54) is 12.3 Å². The Labute approximate surface area is 106 Å². The van der Waals surface area contributed by atoms with Crippen molar-refractivity contribution in [2.75, 3.05) is 0 Å². The Kier molecular flexibility index (Phi) is 3.64. The Morgan fingerprint density at radius 1 is 1.44 bits per heavy atom. The lowest BCUT2D eigenvalue weighted by molar-refractivity contribution is 0.00905. The van der Waals surface area contributed by atoms with E-state index in [1.807, 2.05) is 0 Å². The van der Waals surface area contributed by atoms with Gasteiger partial charge in [-0.15, -0.1) is 0 Å². The number of esters is 1. The molecule has 1 aromatic rings. The number of rotatable bonds is 2. The van der Waals surface area contributed by atoms with Gasteiger partial charge in [0.1, 0.15) is 6.10 Å². The monoisotopic (exact) mass is 251 g/mol. The van der Waals surface area contributed by atoms with Crippen molar-refractivity contribution in [3.05, 3.63) is 29.8 Å². The first-order chi connectivity index (χ1) is 8.48. The lowest BCUT2D eigenvalue weighted by Gasteiger charge is -2.33. The number of aromatic nitrogens is 1. The van der Waals surface area contributed by atoms with Crippen LogP contribution in [-0.2, 0) is 4.74 Å². The van der Waals surface area contributed by atoms with Crippen molar-refractivity contribution in [2.24, 2.45) is 5.41 Å². The van der Waals surface area contributed by atoms with E-state index in [0.29, 0.717) is 5.41 Å². The molecule has 0 N–H and O–H groups in total. The first-order valence-corrected chi connectivity index (χ1v) is 6.28. The van der Waals surface area contributed by atoms with E-state index < -0.39 is 11.8 Å². The number of pyridine rings is 1. The van der Waals surface area contributed by atoms with Gasteiger partial charge >= 0.3 is 5.97 Å². The van der Waals surface area contributed by atoms with Crippen molar-refractivity contribution in [1.82, 2.24) is 4.98 Å². The second-order valence-corrected chi connectivity index (χ2v) is 5.62. The van der Waals surface area contributed by atoms with Crippen LogP contribution in [0.5, 0.6) is 0 Å². The van der Waals surface area contributed by atoms with E-state index in [0.717, 1.165) is 31.9 Å². The van der Waals surface area contributed by atoms with Crippen LogP contribution < -0.4 is 0 Å². The van der Waals surface area contributed by atoms with Gasteiger partial charge in [-0.1, -0.05) is 13.8 Å². The zero-order valence-corrected chi connectivity index (χ0v) is 10.8. The Balaban J connectivity index is 1.95. The van der Waals surface area contributed by atoms with Gasteiger partial charge in [0.25, 0.3) is 0 Å². The first-order valence-electron chi connectivity index (χ1n) is 6.28. The molecule has 18 heavy (non-hydrogen) atoms. The highest BCUT2D eigenvalue weighted by molar-refractivity contribution is 5.89. The van der Waals surface area contributed by atoms with Crippen molar-refractivity contribution in [3.8, 4) is 0 Å². The minimum Gasteiger partial charge on any atom is -0.459 e. The molecule has 0 saturated heterocycles. The van der Waals surface area contributed by atoms with E-state index in [-0.39, 0.29) is 11.7 Å². The van der Waals surface area contributed by atoms with E-state index in [4.69, 9.17) is 4.74 Å². The summed E-state index contributed by atoms with van der Waals surface area (Å²) in [6.45, 7) is 4.43. The maximum atomic E-state index is 13.4. The topological polar surface area (TPSA) is 39.2 Å². The average Bonchev–Trinajstić information content (AvgIpc) is 2.32. The summed E-state index contributed by atoms with van der Waals surface area (Å²) in [6, 6.07) is 1.35. The highest BCUT2D eigenvalue weighted by atomic mass is 19.1. The molecule has 1 heterocycles. The number of carbonyl (C=O) groups excluding carboxylic acids is 1.